The van der Waals surface area contributed by atoms with Gasteiger partial charge in [-0.2, -0.15) is 0 Å². The SMILES string of the molecule is CC(=O)[C@@H]1C[C@H]2[C@@](C)(CCC3C(C)(C)CCC[C@@]32C)O1. The first-order valence-electron chi connectivity index (χ1n) is 8.37. The summed E-state index contributed by atoms with van der Waals surface area (Å²) in [6.07, 6.45) is 7.20. The molecule has 2 saturated carbocycles. The number of hydrogen-bond donors (Lipinski definition) is 0. The van der Waals surface area contributed by atoms with Crippen LogP contribution in [0.25, 0.3) is 0 Å². The predicted molar refractivity (Wildman–Crippen MR) is 80.5 cm³/mol. The fourth-order valence-corrected chi connectivity index (χ4v) is 6.10. The number of rotatable bonds is 1. The second-order valence-corrected chi connectivity index (χ2v) is 8.76. The van der Waals surface area contributed by atoms with E-state index in [1.54, 1.807) is 6.92 Å². The van der Waals surface area contributed by atoms with Gasteiger partial charge in [-0.1, -0.05) is 27.2 Å². The first-order chi connectivity index (χ1) is 9.19. The highest BCUT2D eigenvalue weighted by Gasteiger charge is 2.62. The van der Waals surface area contributed by atoms with E-state index in [0.717, 1.165) is 18.8 Å². The molecule has 2 heteroatoms. The second-order valence-electron chi connectivity index (χ2n) is 8.76. The average molecular weight is 278 g/mol. The summed E-state index contributed by atoms with van der Waals surface area (Å²) < 4.78 is 6.25. The van der Waals surface area contributed by atoms with E-state index in [1.165, 1.54) is 25.7 Å². The zero-order chi connectivity index (χ0) is 14.8. The van der Waals surface area contributed by atoms with Crippen molar-refractivity contribution < 1.29 is 9.53 Å². The van der Waals surface area contributed by atoms with Crippen LogP contribution in [0.3, 0.4) is 0 Å². The fraction of sp³-hybridized carbons (Fsp3) is 0.944. The van der Waals surface area contributed by atoms with E-state index in [4.69, 9.17) is 4.74 Å². The van der Waals surface area contributed by atoms with Crippen molar-refractivity contribution in [3.05, 3.63) is 0 Å². The van der Waals surface area contributed by atoms with Crippen LogP contribution in [0.1, 0.15) is 73.1 Å². The highest BCUT2D eigenvalue weighted by Crippen LogP contribution is 2.65. The van der Waals surface area contributed by atoms with Crippen LogP contribution < -0.4 is 0 Å². The normalized spacial score (nSPS) is 50.4. The molecule has 0 bridgehead atoms. The van der Waals surface area contributed by atoms with Crippen molar-refractivity contribution in [1.29, 1.82) is 0 Å². The van der Waals surface area contributed by atoms with Gasteiger partial charge in [0.05, 0.1) is 5.60 Å². The summed E-state index contributed by atoms with van der Waals surface area (Å²) in [4.78, 5) is 11.8. The molecule has 0 spiro atoms. The molecular formula is C18H30O2. The maximum atomic E-state index is 11.8. The summed E-state index contributed by atoms with van der Waals surface area (Å²) in [5.74, 6) is 1.56. The van der Waals surface area contributed by atoms with Crippen molar-refractivity contribution in [3.8, 4) is 0 Å². The number of carbonyl (C=O) groups is 1. The third-order valence-corrected chi connectivity index (χ3v) is 7.05. The Morgan fingerprint density at radius 2 is 1.75 bits per heavy atom. The van der Waals surface area contributed by atoms with Crippen LogP contribution >= 0.6 is 0 Å². The molecule has 3 aliphatic rings. The molecule has 2 nitrogen and oxygen atoms in total. The zero-order valence-electron chi connectivity index (χ0n) is 13.8. The summed E-state index contributed by atoms with van der Waals surface area (Å²) in [6.45, 7) is 11.4. The monoisotopic (exact) mass is 278 g/mol. The van der Waals surface area contributed by atoms with E-state index >= 15 is 0 Å². The van der Waals surface area contributed by atoms with Gasteiger partial charge in [-0.15, -0.1) is 0 Å². The molecule has 1 aliphatic heterocycles. The van der Waals surface area contributed by atoms with Crippen LogP contribution in [0.4, 0.5) is 0 Å². The number of carbonyl (C=O) groups excluding carboxylic acids is 1. The van der Waals surface area contributed by atoms with Gasteiger partial charge in [0.25, 0.3) is 0 Å². The summed E-state index contributed by atoms with van der Waals surface area (Å²) in [5, 5.41) is 0. The van der Waals surface area contributed by atoms with Crippen LogP contribution in [0.2, 0.25) is 0 Å². The number of ketones is 1. The molecule has 1 unspecified atom stereocenters. The minimum Gasteiger partial charge on any atom is -0.364 e. The number of Topliss-reactive ketones (excluding diaryl/α,β-unsaturated/α-hetero) is 1. The summed E-state index contributed by atoms with van der Waals surface area (Å²) >= 11 is 0. The van der Waals surface area contributed by atoms with Gasteiger partial charge in [-0.25, -0.2) is 0 Å². The molecule has 0 amide bonds. The van der Waals surface area contributed by atoms with E-state index in [1.807, 2.05) is 0 Å². The predicted octanol–water partition coefficient (Wildman–Crippen LogP) is 4.37. The molecule has 0 aromatic rings. The van der Waals surface area contributed by atoms with Gasteiger partial charge in [0, 0.05) is 0 Å². The molecule has 1 saturated heterocycles. The Kier molecular flexibility index (Phi) is 3.14. The quantitative estimate of drug-likeness (QED) is 0.712. The molecule has 0 N–H and O–H groups in total. The molecule has 20 heavy (non-hydrogen) atoms. The Labute approximate surface area is 123 Å². The average Bonchev–Trinajstić information content (AvgIpc) is 2.67. The lowest BCUT2D eigenvalue weighted by Gasteiger charge is -2.60. The third-order valence-electron chi connectivity index (χ3n) is 7.05. The molecule has 1 heterocycles. The largest absolute Gasteiger partial charge is 0.364 e. The van der Waals surface area contributed by atoms with Gasteiger partial charge in [0.15, 0.2) is 5.78 Å². The molecule has 0 aromatic heterocycles. The van der Waals surface area contributed by atoms with Gasteiger partial charge in [0.2, 0.25) is 0 Å². The minimum atomic E-state index is -0.148. The van der Waals surface area contributed by atoms with E-state index in [-0.39, 0.29) is 17.5 Å². The summed E-state index contributed by atoms with van der Waals surface area (Å²) in [6, 6.07) is 0. The zero-order valence-corrected chi connectivity index (χ0v) is 13.8. The highest BCUT2D eigenvalue weighted by molar-refractivity contribution is 5.80. The van der Waals surface area contributed by atoms with Crippen LogP contribution in [0.15, 0.2) is 0 Å². The number of hydrogen-bond acceptors (Lipinski definition) is 2. The van der Waals surface area contributed by atoms with Crippen molar-refractivity contribution in [2.75, 3.05) is 0 Å². The van der Waals surface area contributed by atoms with Crippen LogP contribution in [0.5, 0.6) is 0 Å². The standard InChI is InChI=1S/C18H30O2/c1-12(19)13-11-15-17(4)9-6-8-16(2,3)14(17)7-10-18(15,5)20-13/h13-15H,6-11H2,1-5H3/t13-,14?,15+,17-,18+/m0/s1. The van der Waals surface area contributed by atoms with Gasteiger partial charge in [-0.3, -0.25) is 4.79 Å². The van der Waals surface area contributed by atoms with Gasteiger partial charge < -0.3 is 4.74 Å². The Morgan fingerprint density at radius 1 is 1.05 bits per heavy atom. The molecular weight excluding hydrogens is 248 g/mol. The van der Waals surface area contributed by atoms with E-state index in [2.05, 4.69) is 27.7 Å². The second kappa shape index (κ2) is 4.32. The lowest BCUT2D eigenvalue weighted by Crippen LogP contribution is -2.55. The van der Waals surface area contributed by atoms with E-state index < -0.39 is 0 Å². The first kappa shape index (κ1) is 14.6. The highest BCUT2D eigenvalue weighted by atomic mass is 16.5. The fourth-order valence-electron chi connectivity index (χ4n) is 6.10. The first-order valence-corrected chi connectivity index (χ1v) is 8.37. The Balaban J connectivity index is 1.95. The molecule has 5 atom stereocenters. The van der Waals surface area contributed by atoms with Crippen molar-refractivity contribution >= 4 is 5.78 Å². The summed E-state index contributed by atoms with van der Waals surface area (Å²) in [5.41, 5.74) is 0.747. The molecule has 114 valence electrons. The number of fused-ring (bicyclic) bond motifs is 3. The van der Waals surface area contributed by atoms with Crippen molar-refractivity contribution in [3.63, 3.8) is 0 Å². The Morgan fingerprint density at radius 3 is 2.40 bits per heavy atom. The lowest BCUT2D eigenvalue weighted by atomic mass is 9.45. The topological polar surface area (TPSA) is 26.3 Å². The minimum absolute atomic E-state index is 0.0605. The molecule has 2 aliphatic carbocycles. The van der Waals surface area contributed by atoms with Gasteiger partial charge in [0.1, 0.15) is 6.10 Å². The van der Waals surface area contributed by atoms with Gasteiger partial charge >= 0.3 is 0 Å². The van der Waals surface area contributed by atoms with Crippen LogP contribution in [0, 0.1) is 22.7 Å². The molecule has 3 rings (SSSR count). The maximum absolute atomic E-state index is 11.8. The van der Waals surface area contributed by atoms with Crippen molar-refractivity contribution in [2.45, 2.75) is 84.8 Å². The van der Waals surface area contributed by atoms with E-state index in [0.29, 0.717) is 16.7 Å². The van der Waals surface area contributed by atoms with Gasteiger partial charge in [-0.05, 0) is 68.6 Å². The Bertz CT molecular complexity index is 427. The maximum Gasteiger partial charge on any atom is 0.158 e. The summed E-state index contributed by atoms with van der Waals surface area (Å²) in [7, 11) is 0. The Hall–Kier alpha value is -0.370. The van der Waals surface area contributed by atoms with Crippen molar-refractivity contribution in [1.82, 2.24) is 0 Å². The van der Waals surface area contributed by atoms with Crippen LogP contribution in [-0.2, 0) is 9.53 Å². The molecule has 0 aromatic carbocycles. The molecule has 3 fully saturated rings. The molecule has 0 radical (unpaired) electrons. The lowest BCUT2D eigenvalue weighted by molar-refractivity contribution is -0.160. The van der Waals surface area contributed by atoms with E-state index in [9.17, 15) is 4.79 Å². The third kappa shape index (κ3) is 1.90. The number of ether oxygens (including phenoxy) is 1. The van der Waals surface area contributed by atoms with Crippen LogP contribution in [-0.4, -0.2) is 17.5 Å². The smallest absolute Gasteiger partial charge is 0.158 e. The van der Waals surface area contributed by atoms with Crippen molar-refractivity contribution in [2.24, 2.45) is 22.7 Å².